The minimum atomic E-state index is -0.0133. The second kappa shape index (κ2) is 7.95. The summed E-state index contributed by atoms with van der Waals surface area (Å²) in [6, 6.07) is 3.67. The second-order valence-electron chi connectivity index (χ2n) is 5.17. The van der Waals surface area contributed by atoms with Crippen LogP contribution >= 0.6 is 0 Å². The van der Waals surface area contributed by atoms with E-state index in [-0.39, 0.29) is 12.5 Å². The molecule has 1 aromatic rings. The summed E-state index contributed by atoms with van der Waals surface area (Å²) in [5.41, 5.74) is 1.41. The fourth-order valence-corrected chi connectivity index (χ4v) is 2.56. The van der Waals surface area contributed by atoms with Gasteiger partial charge in [0.05, 0.1) is 6.61 Å². The number of carbonyl (C=O) groups excluding carboxylic acids is 1. The monoisotopic (exact) mass is 292 g/mol. The summed E-state index contributed by atoms with van der Waals surface area (Å²) in [6.07, 6.45) is 2.60. The van der Waals surface area contributed by atoms with Crippen molar-refractivity contribution in [2.75, 3.05) is 51.2 Å². The standard InChI is InChI=1S/C15H24N4O2/c1-2-16-13-4-5-17-14(12-13)15(21)19-7-3-6-18(8-9-19)10-11-20/h4-5,12,20H,2-3,6-11H2,1H3,(H,16,17). The van der Waals surface area contributed by atoms with Gasteiger partial charge in [-0.25, -0.2) is 0 Å². The molecule has 0 atom stereocenters. The molecule has 0 saturated carbocycles. The lowest BCUT2D eigenvalue weighted by Gasteiger charge is -2.21. The van der Waals surface area contributed by atoms with Gasteiger partial charge in [-0.2, -0.15) is 0 Å². The number of aliphatic hydroxyl groups is 1. The third kappa shape index (κ3) is 4.41. The molecule has 21 heavy (non-hydrogen) atoms. The molecule has 0 aliphatic carbocycles. The molecule has 2 heterocycles. The number of carbonyl (C=O) groups is 1. The Morgan fingerprint density at radius 1 is 1.38 bits per heavy atom. The summed E-state index contributed by atoms with van der Waals surface area (Å²) >= 11 is 0. The molecule has 1 saturated heterocycles. The maximum Gasteiger partial charge on any atom is 0.272 e. The quantitative estimate of drug-likeness (QED) is 0.834. The van der Waals surface area contributed by atoms with Crippen molar-refractivity contribution in [3.8, 4) is 0 Å². The van der Waals surface area contributed by atoms with Crippen LogP contribution < -0.4 is 5.32 Å². The molecule has 2 N–H and O–H groups in total. The van der Waals surface area contributed by atoms with Crippen LogP contribution in [0.1, 0.15) is 23.8 Å². The van der Waals surface area contributed by atoms with Gasteiger partial charge in [-0.15, -0.1) is 0 Å². The van der Waals surface area contributed by atoms with E-state index >= 15 is 0 Å². The van der Waals surface area contributed by atoms with Crippen molar-refractivity contribution in [3.63, 3.8) is 0 Å². The molecule has 0 unspecified atom stereocenters. The van der Waals surface area contributed by atoms with E-state index in [9.17, 15) is 4.79 Å². The topological polar surface area (TPSA) is 68.7 Å². The number of hydrogen-bond donors (Lipinski definition) is 2. The lowest BCUT2D eigenvalue weighted by Crippen LogP contribution is -2.36. The van der Waals surface area contributed by atoms with Crippen LogP contribution in [-0.4, -0.2) is 71.7 Å². The van der Waals surface area contributed by atoms with Crippen molar-refractivity contribution in [2.24, 2.45) is 0 Å². The zero-order valence-corrected chi connectivity index (χ0v) is 12.6. The molecular formula is C15H24N4O2. The van der Waals surface area contributed by atoms with Gasteiger partial charge in [-0.1, -0.05) is 0 Å². The maximum absolute atomic E-state index is 12.5. The molecule has 0 aromatic carbocycles. The molecule has 1 aliphatic rings. The molecule has 1 amide bonds. The third-order valence-corrected chi connectivity index (χ3v) is 3.65. The molecule has 1 aliphatic heterocycles. The summed E-state index contributed by atoms with van der Waals surface area (Å²) in [5.74, 6) is -0.0133. The minimum Gasteiger partial charge on any atom is -0.395 e. The predicted molar refractivity (Wildman–Crippen MR) is 82.4 cm³/mol. The summed E-state index contributed by atoms with van der Waals surface area (Å²) in [6.45, 7) is 6.84. The van der Waals surface area contributed by atoms with Gasteiger partial charge in [0.2, 0.25) is 0 Å². The highest BCUT2D eigenvalue weighted by Crippen LogP contribution is 2.12. The Kier molecular flexibility index (Phi) is 5.95. The molecule has 116 valence electrons. The molecule has 0 radical (unpaired) electrons. The molecule has 2 rings (SSSR count). The van der Waals surface area contributed by atoms with Gasteiger partial charge in [0.25, 0.3) is 5.91 Å². The van der Waals surface area contributed by atoms with Crippen LogP contribution in [0.15, 0.2) is 18.3 Å². The number of rotatable bonds is 5. The van der Waals surface area contributed by atoms with E-state index in [0.717, 1.165) is 38.3 Å². The van der Waals surface area contributed by atoms with Gasteiger partial charge in [-0.05, 0) is 32.0 Å². The fraction of sp³-hybridized carbons (Fsp3) is 0.600. The lowest BCUT2D eigenvalue weighted by atomic mass is 10.2. The van der Waals surface area contributed by atoms with Crippen LogP contribution in [0.4, 0.5) is 5.69 Å². The number of nitrogens with zero attached hydrogens (tertiary/aromatic N) is 3. The van der Waals surface area contributed by atoms with Gasteiger partial charge in [-0.3, -0.25) is 14.7 Å². The lowest BCUT2D eigenvalue weighted by molar-refractivity contribution is 0.0754. The molecule has 6 heteroatoms. The summed E-state index contributed by atoms with van der Waals surface area (Å²) in [5, 5.41) is 12.2. The normalized spacial score (nSPS) is 16.6. The summed E-state index contributed by atoms with van der Waals surface area (Å²) in [7, 11) is 0. The van der Waals surface area contributed by atoms with E-state index in [1.807, 2.05) is 24.0 Å². The number of hydrogen-bond acceptors (Lipinski definition) is 5. The number of nitrogens with one attached hydrogen (secondary N) is 1. The summed E-state index contributed by atoms with van der Waals surface area (Å²) in [4.78, 5) is 20.8. The van der Waals surface area contributed by atoms with Crippen LogP contribution in [0.2, 0.25) is 0 Å². The second-order valence-corrected chi connectivity index (χ2v) is 5.17. The number of anilines is 1. The number of β-amino-alcohol motifs (C(OH)–C–C–N with tert-alkyl or cyclic N) is 1. The van der Waals surface area contributed by atoms with Crippen molar-refractivity contribution in [2.45, 2.75) is 13.3 Å². The van der Waals surface area contributed by atoms with Crippen molar-refractivity contribution < 1.29 is 9.90 Å². The van der Waals surface area contributed by atoms with Gasteiger partial charge in [0.1, 0.15) is 5.69 Å². The summed E-state index contributed by atoms with van der Waals surface area (Å²) < 4.78 is 0. The van der Waals surface area contributed by atoms with Crippen molar-refractivity contribution in [3.05, 3.63) is 24.0 Å². The zero-order chi connectivity index (χ0) is 15.1. The number of aliphatic hydroxyl groups excluding tert-OH is 1. The Bertz CT molecular complexity index is 467. The van der Waals surface area contributed by atoms with E-state index < -0.39 is 0 Å². The highest BCUT2D eigenvalue weighted by Gasteiger charge is 2.21. The van der Waals surface area contributed by atoms with Crippen molar-refractivity contribution in [1.82, 2.24) is 14.8 Å². The average molecular weight is 292 g/mol. The van der Waals surface area contributed by atoms with E-state index in [0.29, 0.717) is 18.8 Å². The number of aromatic nitrogens is 1. The van der Waals surface area contributed by atoms with E-state index in [1.165, 1.54) is 0 Å². The highest BCUT2D eigenvalue weighted by molar-refractivity contribution is 5.93. The zero-order valence-electron chi connectivity index (χ0n) is 12.6. The molecule has 1 fully saturated rings. The Labute approximate surface area is 125 Å². The number of amides is 1. The van der Waals surface area contributed by atoms with E-state index in [1.54, 1.807) is 6.20 Å². The first-order valence-electron chi connectivity index (χ1n) is 7.57. The SMILES string of the molecule is CCNc1ccnc(C(=O)N2CCCN(CCO)CC2)c1. The van der Waals surface area contributed by atoms with Crippen LogP contribution in [-0.2, 0) is 0 Å². The predicted octanol–water partition coefficient (Wildman–Crippen LogP) is 0.654. The van der Waals surface area contributed by atoms with Crippen LogP contribution in [0.3, 0.4) is 0 Å². The first kappa shape index (κ1) is 15.7. The van der Waals surface area contributed by atoms with Gasteiger partial charge < -0.3 is 15.3 Å². The van der Waals surface area contributed by atoms with Gasteiger partial charge in [0, 0.05) is 44.6 Å². The van der Waals surface area contributed by atoms with Crippen LogP contribution in [0.25, 0.3) is 0 Å². The van der Waals surface area contributed by atoms with Crippen molar-refractivity contribution in [1.29, 1.82) is 0 Å². The first-order chi connectivity index (χ1) is 10.2. The van der Waals surface area contributed by atoms with E-state index in [2.05, 4.69) is 15.2 Å². The largest absolute Gasteiger partial charge is 0.395 e. The van der Waals surface area contributed by atoms with Crippen molar-refractivity contribution >= 4 is 11.6 Å². The third-order valence-electron chi connectivity index (χ3n) is 3.65. The minimum absolute atomic E-state index is 0.0133. The maximum atomic E-state index is 12.5. The Morgan fingerprint density at radius 2 is 2.24 bits per heavy atom. The molecule has 0 bridgehead atoms. The average Bonchev–Trinajstić information content (AvgIpc) is 2.73. The van der Waals surface area contributed by atoms with Gasteiger partial charge in [0.15, 0.2) is 0 Å². The highest BCUT2D eigenvalue weighted by atomic mass is 16.3. The Balaban J connectivity index is 2.00. The number of pyridine rings is 1. The molecule has 6 nitrogen and oxygen atoms in total. The molecule has 0 spiro atoms. The fourth-order valence-electron chi connectivity index (χ4n) is 2.56. The molecule has 1 aromatic heterocycles. The Hall–Kier alpha value is -1.66. The first-order valence-corrected chi connectivity index (χ1v) is 7.57. The van der Waals surface area contributed by atoms with Gasteiger partial charge >= 0.3 is 0 Å². The smallest absolute Gasteiger partial charge is 0.272 e. The Morgan fingerprint density at radius 3 is 3.00 bits per heavy atom. The van der Waals surface area contributed by atoms with E-state index in [4.69, 9.17) is 5.11 Å². The van der Waals surface area contributed by atoms with Crippen LogP contribution in [0, 0.1) is 0 Å². The van der Waals surface area contributed by atoms with Crippen LogP contribution in [0.5, 0.6) is 0 Å². The molecular weight excluding hydrogens is 268 g/mol.